The lowest BCUT2D eigenvalue weighted by Gasteiger charge is -2.21. The third-order valence-electron chi connectivity index (χ3n) is 4.25. The van der Waals surface area contributed by atoms with Crippen molar-refractivity contribution in [3.63, 3.8) is 0 Å². The van der Waals surface area contributed by atoms with Crippen LogP contribution in [-0.2, 0) is 0 Å². The Labute approximate surface area is 143 Å². The molecule has 3 N–H and O–H groups in total. The topological polar surface area (TPSA) is 74.2 Å². The van der Waals surface area contributed by atoms with Crippen molar-refractivity contribution in [2.75, 3.05) is 6.61 Å². The third kappa shape index (κ3) is 4.80. The Kier molecular flexibility index (Phi) is 6.32. The number of aliphatic hydroxyl groups is 1. The number of pyridine rings is 1. The number of nitrogens with one attached hydrogen (secondary N) is 2. The van der Waals surface area contributed by atoms with Crippen molar-refractivity contribution in [3.05, 3.63) is 54.4 Å². The summed E-state index contributed by atoms with van der Waals surface area (Å²) >= 11 is 0. The number of aliphatic hydroxyl groups excluding tert-OH is 1. The van der Waals surface area contributed by atoms with Crippen LogP contribution in [0, 0.1) is 5.92 Å². The highest BCUT2D eigenvalue weighted by Gasteiger charge is 2.15. The molecule has 1 heterocycles. The molecule has 3 atom stereocenters. The Balaban J connectivity index is 1.95. The van der Waals surface area contributed by atoms with Crippen LogP contribution in [-0.4, -0.2) is 28.8 Å². The molecule has 2 aromatic rings. The second-order valence-electron chi connectivity index (χ2n) is 6.15. The molecule has 0 saturated carbocycles. The van der Waals surface area contributed by atoms with Crippen LogP contribution in [0.15, 0.2) is 48.8 Å². The zero-order valence-corrected chi connectivity index (χ0v) is 14.4. The first-order valence-corrected chi connectivity index (χ1v) is 8.19. The van der Waals surface area contributed by atoms with E-state index in [0.717, 1.165) is 16.7 Å². The number of rotatable bonds is 6. The van der Waals surface area contributed by atoms with Crippen molar-refractivity contribution in [2.24, 2.45) is 5.92 Å². The van der Waals surface area contributed by atoms with Crippen LogP contribution in [0.1, 0.15) is 32.4 Å². The van der Waals surface area contributed by atoms with Gasteiger partial charge in [-0.3, -0.25) is 4.98 Å². The highest BCUT2D eigenvalue weighted by atomic mass is 16.3. The maximum Gasteiger partial charge on any atom is 0.315 e. The van der Waals surface area contributed by atoms with Gasteiger partial charge in [-0.25, -0.2) is 4.79 Å². The Morgan fingerprint density at radius 3 is 2.38 bits per heavy atom. The smallest absolute Gasteiger partial charge is 0.315 e. The van der Waals surface area contributed by atoms with Crippen molar-refractivity contribution in [1.82, 2.24) is 15.6 Å². The normalized spacial score (nSPS) is 14.5. The fourth-order valence-corrected chi connectivity index (χ4v) is 2.33. The molecule has 2 rings (SSSR count). The average molecular weight is 327 g/mol. The lowest BCUT2D eigenvalue weighted by atomic mass is 10.0. The van der Waals surface area contributed by atoms with Crippen molar-refractivity contribution in [2.45, 2.75) is 32.9 Å². The van der Waals surface area contributed by atoms with Crippen LogP contribution in [0.4, 0.5) is 4.79 Å². The van der Waals surface area contributed by atoms with E-state index in [1.807, 2.05) is 63.4 Å². The van der Waals surface area contributed by atoms with Gasteiger partial charge in [-0.05, 0) is 42.5 Å². The monoisotopic (exact) mass is 327 g/mol. The lowest BCUT2D eigenvalue weighted by molar-refractivity contribution is 0.199. The molecule has 1 aromatic heterocycles. The number of aromatic nitrogens is 1. The summed E-state index contributed by atoms with van der Waals surface area (Å²) in [6.45, 7) is 5.77. The number of nitrogens with zero attached hydrogens (tertiary/aromatic N) is 1. The Hall–Kier alpha value is -2.40. The van der Waals surface area contributed by atoms with Gasteiger partial charge in [-0.15, -0.1) is 0 Å². The summed E-state index contributed by atoms with van der Waals surface area (Å²) in [5.74, 6) is 0.0184. The van der Waals surface area contributed by atoms with E-state index >= 15 is 0 Å². The fourth-order valence-electron chi connectivity index (χ4n) is 2.33. The molecule has 1 aromatic carbocycles. The highest BCUT2D eigenvalue weighted by Crippen LogP contribution is 2.21. The minimum Gasteiger partial charge on any atom is -0.396 e. The first-order chi connectivity index (χ1) is 11.5. The van der Waals surface area contributed by atoms with Crippen LogP contribution >= 0.6 is 0 Å². The van der Waals surface area contributed by atoms with Gasteiger partial charge in [0.15, 0.2) is 0 Å². The van der Waals surface area contributed by atoms with Gasteiger partial charge < -0.3 is 15.7 Å². The number of amides is 2. The summed E-state index contributed by atoms with van der Waals surface area (Å²) in [6, 6.07) is 11.6. The first kappa shape index (κ1) is 17.9. The van der Waals surface area contributed by atoms with Gasteiger partial charge in [-0.2, -0.15) is 0 Å². The quantitative estimate of drug-likeness (QED) is 0.763. The standard InChI is InChI=1S/C19H25N3O2/c1-13(12-23)14(2)21-19(24)22-15(3)16-6-8-17(9-7-16)18-5-4-10-20-11-18/h4-11,13-15,23H,12H2,1-3H3,(H2,21,22,24)/t13-,14-,15+/m1/s1. The third-order valence-corrected chi connectivity index (χ3v) is 4.25. The number of hydrogen-bond acceptors (Lipinski definition) is 3. The van der Waals surface area contributed by atoms with E-state index in [9.17, 15) is 4.79 Å². The predicted octanol–water partition coefficient (Wildman–Crippen LogP) is 3.13. The van der Waals surface area contributed by atoms with Gasteiger partial charge in [0.05, 0.1) is 6.04 Å². The lowest BCUT2D eigenvalue weighted by Crippen LogP contribution is -2.44. The van der Waals surface area contributed by atoms with Crippen LogP contribution in [0.25, 0.3) is 11.1 Å². The van der Waals surface area contributed by atoms with Gasteiger partial charge in [0.2, 0.25) is 0 Å². The summed E-state index contributed by atoms with van der Waals surface area (Å²) in [5, 5.41) is 14.9. The number of carbonyl (C=O) groups is 1. The molecule has 0 bridgehead atoms. The summed E-state index contributed by atoms with van der Waals surface area (Å²) in [5.41, 5.74) is 3.18. The molecule has 5 heteroatoms. The molecule has 2 amide bonds. The molecule has 0 saturated heterocycles. The SMILES string of the molecule is C[C@H](NC(=O)N[C@H](C)[C@H](C)CO)c1ccc(-c2cccnc2)cc1. The predicted molar refractivity (Wildman–Crippen MR) is 95.5 cm³/mol. The molecule has 24 heavy (non-hydrogen) atoms. The Bertz CT molecular complexity index is 643. The van der Waals surface area contributed by atoms with E-state index in [4.69, 9.17) is 5.11 Å². The van der Waals surface area contributed by atoms with E-state index in [0.29, 0.717) is 0 Å². The summed E-state index contributed by atoms with van der Waals surface area (Å²) in [4.78, 5) is 16.2. The van der Waals surface area contributed by atoms with Gasteiger partial charge in [0.1, 0.15) is 0 Å². The molecular formula is C19H25N3O2. The Morgan fingerprint density at radius 2 is 1.79 bits per heavy atom. The zero-order chi connectivity index (χ0) is 17.5. The summed E-state index contributed by atoms with van der Waals surface area (Å²) < 4.78 is 0. The van der Waals surface area contributed by atoms with Crippen molar-refractivity contribution >= 4 is 6.03 Å². The second-order valence-corrected chi connectivity index (χ2v) is 6.15. The number of benzene rings is 1. The van der Waals surface area contributed by atoms with E-state index < -0.39 is 0 Å². The van der Waals surface area contributed by atoms with E-state index in [2.05, 4.69) is 15.6 Å². The van der Waals surface area contributed by atoms with E-state index in [-0.39, 0.29) is 30.6 Å². The van der Waals surface area contributed by atoms with Crippen LogP contribution in [0.3, 0.4) is 0 Å². The van der Waals surface area contributed by atoms with Crippen LogP contribution in [0.5, 0.6) is 0 Å². The summed E-state index contributed by atoms with van der Waals surface area (Å²) in [6.07, 6.45) is 3.58. The minimum atomic E-state index is -0.230. The molecule has 0 aliphatic rings. The molecule has 0 fully saturated rings. The molecule has 0 aliphatic heterocycles. The zero-order valence-electron chi connectivity index (χ0n) is 14.4. The van der Waals surface area contributed by atoms with Gasteiger partial charge in [0, 0.05) is 25.0 Å². The minimum absolute atomic E-state index is 0.0184. The largest absolute Gasteiger partial charge is 0.396 e. The van der Waals surface area contributed by atoms with Crippen molar-refractivity contribution in [1.29, 1.82) is 0 Å². The molecule has 128 valence electrons. The second kappa shape index (κ2) is 8.45. The Morgan fingerprint density at radius 1 is 1.08 bits per heavy atom. The maximum atomic E-state index is 12.0. The molecule has 0 aliphatic carbocycles. The number of hydrogen-bond donors (Lipinski definition) is 3. The first-order valence-electron chi connectivity index (χ1n) is 8.19. The fraction of sp³-hybridized carbons (Fsp3) is 0.368. The number of carbonyl (C=O) groups excluding carboxylic acids is 1. The van der Waals surface area contributed by atoms with Gasteiger partial charge in [-0.1, -0.05) is 37.3 Å². The maximum absolute atomic E-state index is 12.0. The molecule has 0 unspecified atom stereocenters. The number of urea groups is 1. The van der Waals surface area contributed by atoms with Crippen molar-refractivity contribution < 1.29 is 9.90 Å². The highest BCUT2D eigenvalue weighted by molar-refractivity contribution is 5.74. The van der Waals surface area contributed by atoms with Crippen molar-refractivity contribution in [3.8, 4) is 11.1 Å². The van der Waals surface area contributed by atoms with E-state index in [1.54, 1.807) is 6.20 Å². The molecular weight excluding hydrogens is 302 g/mol. The molecule has 5 nitrogen and oxygen atoms in total. The average Bonchev–Trinajstić information content (AvgIpc) is 2.61. The molecule has 0 radical (unpaired) electrons. The van der Waals surface area contributed by atoms with Crippen LogP contribution in [0.2, 0.25) is 0 Å². The van der Waals surface area contributed by atoms with E-state index in [1.165, 1.54) is 0 Å². The van der Waals surface area contributed by atoms with Crippen LogP contribution < -0.4 is 10.6 Å². The molecule has 0 spiro atoms. The van der Waals surface area contributed by atoms with Gasteiger partial charge >= 0.3 is 6.03 Å². The van der Waals surface area contributed by atoms with Gasteiger partial charge in [0.25, 0.3) is 0 Å². The summed E-state index contributed by atoms with van der Waals surface area (Å²) in [7, 11) is 0.